The van der Waals surface area contributed by atoms with Gasteiger partial charge in [0, 0.05) is 13.2 Å². The Morgan fingerprint density at radius 3 is 2.77 bits per heavy atom. The lowest BCUT2D eigenvalue weighted by Crippen LogP contribution is -2.30. The van der Waals surface area contributed by atoms with Crippen molar-refractivity contribution in [3.8, 4) is 0 Å². The first-order valence-electron chi connectivity index (χ1n) is 8.38. The van der Waals surface area contributed by atoms with E-state index >= 15 is 0 Å². The summed E-state index contributed by atoms with van der Waals surface area (Å²) >= 11 is 0. The third kappa shape index (κ3) is 6.88. The summed E-state index contributed by atoms with van der Waals surface area (Å²) in [5.41, 5.74) is 1.17. The van der Waals surface area contributed by atoms with Crippen LogP contribution in [0.4, 0.5) is 0 Å². The molecule has 1 N–H and O–H groups in total. The van der Waals surface area contributed by atoms with E-state index in [-0.39, 0.29) is 19.0 Å². The molecule has 0 aromatic heterocycles. The Morgan fingerprint density at radius 1 is 1.18 bits per heavy atom. The zero-order valence-corrected chi connectivity index (χ0v) is 13.3. The second kappa shape index (κ2) is 10.7. The molecule has 0 bridgehead atoms. The molecular formula is C18H28O4. The predicted octanol–water partition coefficient (Wildman–Crippen LogP) is 3.28. The fraction of sp³-hybridized carbons (Fsp3) is 0.667. The first-order chi connectivity index (χ1) is 10.9. The van der Waals surface area contributed by atoms with E-state index in [0.717, 1.165) is 38.7 Å². The first kappa shape index (κ1) is 17.4. The van der Waals surface area contributed by atoms with Crippen LogP contribution in [0, 0.1) is 0 Å². The molecule has 0 saturated carbocycles. The molecule has 1 unspecified atom stereocenters. The number of benzene rings is 1. The molecule has 22 heavy (non-hydrogen) atoms. The lowest BCUT2D eigenvalue weighted by molar-refractivity contribution is -0.200. The standard InChI is InChI=1S/C18H28O4/c19-12-6-4-10-17(22-18-11-5-7-13-21-18)15-20-14-16-8-2-1-3-9-16/h1-3,8-9,17-19H,4-7,10-15H2/t17-,18?/m0/s1. The molecule has 1 aliphatic rings. The molecule has 1 fully saturated rings. The van der Waals surface area contributed by atoms with Crippen LogP contribution in [-0.2, 0) is 20.8 Å². The fourth-order valence-electron chi connectivity index (χ4n) is 2.59. The van der Waals surface area contributed by atoms with Gasteiger partial charge in [0.25, 0.3) is 0 Å². The zero-order valence-electron chi connectivity index (χ0n) is 13.3. The van der Waals surface area contributed by atoms with Crippen molar-refractivity contribution < 1.29 is 19.3 Å². The minimum Gasteiger partial charge on any atom is -0.396 e. The van der Waals surface area contributed by atoms with Crippen LogP contribution in [0.2, 0.25) is 0 Å². The molecule has 1 aromatic carbocycles. The van der Waals surface area contributed by atoms with Crippen molar-refractivity contribution in [3.05, 3.63) is 35.9 Å². The van der Waals surface area contributed by atoms with Gasteiger partial charge in [0.15, 0.2) is 6.29 Å². The molecule has 0 spiro atoms. The molecule has 1 aromatic rings. The second-order valence-corrected chi connectivity index (χ2v) is 5.77. The topological polar surface area (TPSA) is 47.9 Å². The quantitative estimate of drug-likeness (QED) is 0.674. The van der Waals surface area contributed by atoms with E-state index in [4.69, 9.17) is 19.3 Å². The van der Waals surface area contributed by atoms with Gasteiger partial charge in [0.1, 0.15) is 0 Å². The van der Waals surface area contributed by atoms with Crippen molar-refractivity contribution in [1.29, 1.82) is 0 Å². The molecule has 1 heterocycles. The maximum atomic E-state index is 8.93. The van der Waals surface area contributed by atoms with Gasteiger partial charge in [-0.25, -0.2) is 0 Å². The fourth-order valence-corrected chi connectivity index (χ4v) is 2.59. The van der Waals surface area contributed by atoms with E-state index in [0.29, 0.717) is 13.2 Å². The molecule has 0 amide bonds. The summed E-state index contributed by atoms with van der Waals surface area (Å²) in [5, 5.41) is 8.93. The van der Waals surface area contributed by atoms with E-state index in [1.165, 1.54) is 12.0 Å². The van der Waals surface area contributed by atoms with Gasteiger partial charge >= 0.3 is 0 Å². The summed E-state index contributed by atoms with van der Waals surface area (Å²) in [6.07, 6.45) is 5.86. The van der Waals surface area contributed by atoms with E-state index in [1.807, 2.05) is 18.2 Å². The maximum absolute atomic E-state index is 8.93. The largest absolute Gasteiger partial charge is 0.396 e. The van der Waals surface area contributed by atoms with E-state index in [1.54, 1.807) is 0 Å². The SMILES string of the molecule is OCCCC[C@@H](COCc1ccccc1)OC1CCCCO1. The van der Waals surface area contributed by atoms with Gasteiger partial charge in [0.05, 0.1) is 19.3 Å². The van der Waals surface area contributed by atoms with Crippen molar-refractivity contribution >= 4 is 0 Å². The highest BCUT2D eigenvalue weighted by molar-refractivity contribution is 5.13. The van der Waals surface area contributed by atoms with Crippen LogP contribution >= 0.6 is 0 Å². The molecule has 4 nitrogen and oxygen atoms in total. The molecular weight excluding hydrogens is 280 g/mol. The number of aliphatic hydroxyl groups excluding tert-OH is 1. The van der Waals surface area contributed by atoms with E-state index in [2.05, 4.69) is 12.1 Å². The summed E-state index contributed by atoms with van der Waals surface area (Å²) in [4.78, 5) is 0. The molecule has 124 valence electrons. The van der Waals surface area contributed by atoms with E-state index < -0.39 is 0 Å². The minimum absolute atomic E-state index is 0.0402. The highest BCUT2D eigenvalue weighted by Gasteiger charge is 2.19. The number of ether oxygens (including phenoxy) is 3. The molecule has 1 aliphatic heterocycles. The normalized spacial score (nSPS) is 20.0. The van der Waals surface area contributed by atoms with Crippen LogP contribution in [0.1, 0.15) is 44.1 Å². The summed E-state index contributed by atoms with van der Waals surface area (Å²) in [7, 11) is 0. The highest BCUT2D eigenvalue weighted by Crippen LogP contribution is 2.18. The number of unbranched alkanes of at least 4 members (excludes halogenated alkanes) is 1. The molecule has 2 atom stereocenters. The lowest BCUT2D eigenvalue weighted by atomic mass is 10.1. The van der Waals surface area contributed by atoms with Gasteiger partial charge in [-0.15, -0.1) is 0 Å². The van der Waals surface area contributed by atoms with Crippen LogP contribution in [0.15, 0.2) is 30.3 Å². The Bertz CT molecular complexity index is 376. The zero-order chi connectivity index (χ0) is 15.5. The van der Waals surface area contributed by atoms with Crippen molar-refractivity contribution in [2.45, 2.75) is 57.5 Å². The third-order valence-electron chi connectivity index (χ3n) is 3.83. The number of rotatable bonds is 10. The number of hydrogen-bond acceptors (Lipinski definition) is 4. The van der Waals surface area contributed by atoms with Crippen LogP contribution in [0.3, 0.4) is 0 Å². The third-order valence-corrected chi connectivity index (χ3v) is 3.83. The average Bonchev–Trinajstić information content (AvgIpc) is 2.57. The summed E-state index contributed by atoms with van der Waals surface area (Å²) in [5.74, 6) is 0. The van der Waals surface area contributed by atoms with Crippen LogP contribution in [0.25, 0.3) is 0 Å². The monoisotopic (exact) mass is 308 g/mol. The van der Waals surface area contributed by atoms with Crippen molar-refractivity contribution in [1.82, 2.24) is 0 Å². The Morgan fingerprint density at radius 2 is 2.05 bits per heavy atom. The Hall–Kier alpha value is -0.940. The minimum atomic E-state index is -0.0896. The number of hydrogen-bond donors (Lipinski definition) is 1. The lowest BCUT2D eigenvalue weighted by Gasteiger charge is -2.27. The van der Waals surface area contributed by atoms with Crippen molar-refractivity contribution in [3.63, 3.8) is 0 Å². The second-order valence-electron chi connectivity index (χ2n) is 5.77. The molecule has 2 rings (SSSR count). The molecule has 0 radical (unpaired) electrons. The van der Waals surface area contributed by atoms with Crippen LogP contribution < -0.4 is 0 Å². The Kier molecular flexibility index (Phi) is 8.49. The molecule has 0 aliphatic carbocycles. The summed E-state index contributed by atoms with van der Waals surface area (Å²) < 4.78 is 17.5. The predicted molar refractivity (Wildman–Crippen MR) is 85.5 cm³/mol. The van der Waals surface area contributed by atoms with Gasteiger partial charge in [-0.1, -0.05) is 30.3 Å². The van der Waals surface area contributed by atoms with Crippen LogP contribution in [-0.4, -0.2) is 37.3 Å². The van der Waals surface area contributed by atoms with Gasteiger partial charge in [0.2, 0.25) is 0 Å². The van der Waals surface area contributed by atoms with Crippen molar-refractivity contribution in [2.24, 2.45) is 0 Å². The number of aliphatic hydroxyl groups is 1. The van der Waals surface area contributed by atoms with Crippen LogP contribution in [0.5, 0.6) is 0 Å². The average molecular weight is 308 g/mol. The molecule has 1 saturated heterocycles. The van der Waals surface area contributed by atoms with Gasteiger partial charge < -0.3 is 19.3 Å². The highest BCUT2D eigenvalue weighted by atomic mass is 16.7. The Balaban J connectivity index is 1.73. The molecule has 4 heteroatoms. The van der Waals surface area contributed by atoms with E-state index in [9.17, 15) is 0 Å². The smallest absolute Gasteiger partial charge is 0.158 e. The van der Waals surface area contributed by atoms with Gasteiger partial charge in [-0.2, -0.15) is 0 Å². The summed E-state index contributed by atoms with van der Waals surface area (Å²) in [6, 6.07) is 10.2. The van der Waals surface area contributed by atoms with Gasteiger partial charge in [-0.3, -0.25) is 0 Å². The maximum Gasteiger partial charge on any atom is 0.158 e. The Labute approximate surface area is 133 Å². The summed E-state index contributed by atoms with van der Waals surface area (Å²) in [6.45, 7) is 2.20. The first-order valence-corrected chi connectivity index (χ1v) is 8.38. The van der Waals surface area contributed by atoms with Crippen molar-refractivity contribution in [2.75, 3.05) is 19.8 Å². The van der Waals surface area contributed by atoms with Gasteiger partial charge in [-0.05, 0) is 44.1 Å².